The van der Waals surface area contributed by atoms with Gasteiger partial charge in [-0.25, -0.2) is 13.2 Å². The predicted molar refractivity (Wildman–Crippen MR) is 92.9 cm³/mol. The molecule has 0 radical (unpaired) electrons. The molecule has 3 aromatic rings. The Labute approximate surface area is 151 Å². The third-order valence-electron chi connectivity index (χ3n) is 3.54. The molecule has 1 aromatic heterocycles. The van der Waals surface area contributed by atoms with Crippen LogP contribution in [0.1, 0.15) is 20.7 Å². The smallest absolute Gasteiger partial charge is 0.257 e. The Balaban J connectivity index is 1.75. The number of carbonyl (C=O) groups is 2. The number of aromatic nitrogens is 1. The van der Waals surface area contributed by atoms with Crippen molar-refractivity contribution in [1.29, 1.82) is 0 Å². The van der Waals surface area contributed by atoms with Crippen molar-refractivity contribution in [3.05, 3.63) is 89.5 Å². The lowest BCUT2D eigenvalue weighted by atomic mass is 10.1. The monoisotopic (exact) mass is 371 g/mol. The van der Waals surface area contributed by atoms with Gasteiger partial charge in [0.05, 0.1) is 16.8 Å². The zero-order valence-electron chi connectivity index (χ0n) is 13.7. The van der Waals surface area contributed by atoms with Crippen molar-refractivity contribution >= 4 is 23.2 Å². The molecular weight excluding hydrogens is 359 g/mol. The molecule has 0 spiro atoms. The highest BCUT2D eigenvalue weighted by Gasteiger charge is 2.14. The number of rotatable bonds is 4. The van der Waals surface area contributed by atoms with Crippen molar-refractivity contribution in [1.82, 2.24) is 4.98 Å². The molecule has 8 heteroatoms. The summed E-state index contributed by atoms with van der Waals surface area (Å²) in [6.45, 7) is 0. The van der Waals surface area contributed by atoms with Crippen LogP contribution in [-0.2, 0) is 0 Å². The highest BCUT2D eigenvalue weighted by Crippen LogP contribution is 2.17. The van der Waals surface area contributed by atoms with E-state index in [0.29, 0.717) is 11.8 Å². The van der Waals surface area contributed by atoms with Gasteiger partial charge < -0.3 is 10.6 Å². The Morgan fingerprint density at radius 3 is 1.96 bits per heavy atom. The summed E-state index contributed by atoms with van der Waals surface area (Å²) in [5.74, 6) is -3.42. The van der Waals surface area contributed by atoms with Crippen LogP contribution in [0.15, 0.2) is 60.9 Å². The molecule has 0 aliphatic rings. The van der Waals surface area contributed by atoms with Crippen LogP contribution in [0.5, 0.6) is 0 Å². The molecule has 2 aromatic carbocycles. The number of amides is 2. The molecule has 3 rings (SSSR count). The third kappa shape index (κ3) is 4.49. The fourth-order valence-electron chi connectivity index (χ4n) is 2.21. The van der Waals surface area contributed by atoms with Gasteiger partial charge in [0.2, 0.25) is 0 Å². The van der Waals surface area contributed by atoms with Gasteiger partial charge in [-0.1, -0.05) is 0 Å². The van der Waals surface area contributed by atoms with E-state index in [1.807, 2.05) is 0 Å². The van der Waals surface area contributed by atoms with E-state index in [2.05, 4.69) is 15.6 Å². The maximum absolute atomic E-state index is 13.6. The maximum atomic E-state index is 13.6. The van der Waals surface area contributed by atoms with E-state index in [4.69, 9.17) is 0 Å². The summed E-state index contributed by atoms with van der Waals surface area (Å²) in [5, 5.41) is 4.82. The Morgan fingerprint density at radius 1 is 0.741 bits per heavy atom. The Kier molecular flexibility index (Phi) is 5.16. The summed E-state index contributed by atoms with van der Waals surface area (Å²) < 4.78 is 39.5. The molecule has 0 atom stereocenters. The van der Waals surface area contributed by atoms with Crippen molar-refractivity contribution in [3.8, 4) is 0 Å². The largest absolute Gasteiger partial charge is 0.322 e. The molecule has 27 heavy (non-hydrogen) atoms. The van der Waals surface area contributed by atoms with E-state index in [0.717, 1.165) is 12.1 Å². The van der Waals surface area contributed by atoms with E-state index in [1.54, 1.807) is 0 Å². The third-order valence-corrected chi connectivity index (χ3v) is 3.54. The first-order chi connectivity index (χ1) is 12.9. The minimum atomic E-state index is -0.929. The van der Waals surface area contributed by atoms with Gasteiger partial charge in [-0.15, -0.1) is 0 Å². The van der Waals surface area contributed by atoms with E-state index < -0.39 is 29.3 Å². The second kappa shape index (κ2) is 7.69. The number of hydrogen-bond donors (Lipinski definition) is 2. The number of nitrogens with zero attached hydrogens (tertiary/aromatic N) is 1. The van der Waals surface area contributed by atoms with Gasteiger partial charge in [-0.3, -0.25) is 14.6 Å². The average Bonchev–Trinajstić information content (AvgIpc) is 2.66. The van der Waals surface area contributed by atoms with Gasteiger partial charge in [0.25, 0.3) is 11.8 Å². The standard InChI is InChI=1S/C19H12F3N3O2/c20-13-1-4-15(5-2-13)24-18(26)11-7-12(10-23-9-11)19(27)25-17-6-3-14(21)8-16(17)22/h1-10H,(H,24,26)(H,25,27). The highest BCUT2D eigenvalue weighted by atomic mass is 19.1. The molecule has 5 nitrogen and oxygen atoms in total. The quantitative estimate of drug-likeness (QED) is 0.728. The zero-order valence-corrected chi connectivity index (χ0v) is 13.7. The predicted octanol–water partition coefficient (Wildman–Crippen LogP) is 4.00. The normalized spacial score (nSPS) is 10.3. The molecule has 0 saturated carbocycles. The number of carbonyl (C=O) groups excluding carboxylic acids is 2. The fourth-order valence-corrected chi connectivity index (χ4v) is 2.21. The summed E-state index contributed by atoms with van der Waals surface area (Å²) in [6, 6.07) is 9.14. The highest BCUT2D eigenvalue weighted by molar-refractivity contribution is 6.08. The number of halogens is 3. The summed E-state index contributed by atoms with van der Waals surface area (Å²) >= 11 is 0. The number of anilines is 2. The minimum absolute atomic E-state index is 0.00508. The molecule has 2 N–H and O–H groups in total. The molecule has 0 bridgehead atoms. The molecule has 0 saturated heterocycles. The first kappa shape index (κ1) is 18.1. The van der Waals surface area contributed by atoms with Crippen molar-refractivity contribution in [3.63, 3.8) is 0 Å². The maximum Gasteiger partial charge on any atom is 0.257 e. The lowest BCUT2D eigenvalue weighted by molar-refractivity contribution is 0.102. The molecule has 0 aliphatic heterocycles. The van der Waals surface area contributed by atoms with Crippen LogP contribution in [0.25, 0.3) is 0 Å². The molecule has 0 fully saturated rings. The second-order valence-corrected chi connectivity index (χ2v) is 5.50. The van der Waals surface area contributed by atoms with Crippen LogP contribution >= 0.6 is 0 Å². The summed E-state index contributed by atoms with van der Waals surface area (Å²) in [5.41, 5.74) is 0.240. The fraction of sp³-hybridized carbons (Fsp3) is 0. The molecule has 1 heterocycles. The average molecular weight is 371 g/mol. The number of nitrogens with one attached hydrogen (secondary N) is 2. The van der Waals surface area contributed by atoms with Crippen LogP contribution in [0, 0.1) is 17.5 Å². The van der Waals surface area contributed by atoms with E-state index in [9.17, 15) is 22.8 Å². The first-order valence-electron chi connectivity index (χ1n) is 7.71. The molecule has 136 valence electrons. The van der Waals surface area contributed by atoms with Gasteiger partial charge in [0, 0.05) is 24.1 Å². The Morgan fingerprint density at radius 2 is 1.33 bits per heavy atom. The molecule has 2 amide bonds. The Bertz CT molecular complexity index is 1010. The molecular formula is C19H12F3N3O2. The number of hydrogen-bond acceptors (Lipinski definition) is 3. The van der Waals surface area contributed by atoms with Crippen LogP contribution in [-0.4, -0.2) is 16.8 Å². The van der Waals surface area contributed by atoms with Gasteiger partial charge >= 0.3 is 0 Å². The SMILES string of the molecule is O=C(Nc1ccc(F)cc1)c1cncc(C(=O)Nc2ccc(F)cc2F)c1. The first-order valence-corrected chi connectivity index (χ1v) is 7.71. The number of pyridine rings is 1. The zero-order chi connectivity index (χ0) is 19.4. The Hall–Kier alpha value is -3.68. The summed E-state index contributed by atoms with van der Waals surface area (Å²) in [7, 11) is 0. The number of benzene rings is 2. The lowest BCUT2D eigenvalue weighted by Gasteiger charge is -2.08. The second-order valence-electron chi connectivity index (χ2n) is 5.50. The van der Waals surface area contributed by atoms with Crippen molar-refractivity contribution in [2.24, 2.45) is 0 Å². The van der Waals surface area contributed by atoms with E-state index in [1.165, 1.54) is 42.7 Å². The minimum Gasteiger partial charge on any atom is -0.322 e. The van der Waals surface area contributed by atoms with E-state index in [-0.39, 0.29) is 16.8 Å². The summed E-state index contributed by atoms with van der Waals surface area (Å²) in [4.78, 5) is 28.3. The molecule has 0 aliphatic carbocycles. The van der Waals surface area contributed by atoms with Crippen LogP contribution in [0.3, 0.4) is 0 Å². The topological polar surface area (TPSA) is 71.1 Å². The van der Waals surface area contributed by atoms with Gasteiger partial charge in [0.15, 0.2) is 0 Å². The van der Waals surface area contributed by atoms with Crippen molar-refractivity contribution < 1.29 is 22.8 Å². The van der Waals surface area contributed by atoms with E-state index >= 15 is 0 Å². The lowest BCUT2D eigenvalue weighted by Crippen LogP contribution is -2.16. The van der Waals surface area contributed by atoms with Gasteiger partial charge in [0.1, 0.15) is 17.5 Å². The summed E-state index contributed by atoms with van der Waals surface area (Å²) in [6.07, 6.45) is 2.44. The van der Waals surface area contributed by atoms with Crippen LogP contribution in [0.4, 0.5) is 24.5 Å². The van der Waals surface area contributed by atoms with Crippen LogP contribution < -0.4 is 10.6 Å². The molecule has 0 unspecified atom stereocenters. The van der Waals surface area contributed by atoms with Gasteiger partial charge in [-0.05, 0) is 42.5 Å². The van der Waals surface area contributed by atoms with Crippen molar-refractivity contribution in [2.45, 2.75) is 0 Å². The van der Waals surface area contributed by atoms with Crippen molar-refractivity contribution in [2.75, 3.05) is 10.6 Å². The van der Waals surface area contributed by atoms with Crippen LogP contribution in [0.2, 0.25) is 0 Å². The van der Waals surface area contributed by atoms with Gasteiger partial charge in [-0.2, -0.15) is 0 Å².